The van der Waals surface area contributed by atoms with Gasteiger partial charge in [-0.1, -0.05) is 0 Å². The average molecular weight is 221 g/mol. The lowest BCUT2D eigenvalue weighted by Crippen LogP contribution is -2.43. The number of carboxylic acid groups (broad SMARTS) is 1. The summed E-state index contributed by atoms with van der Waals surface area (Å²) in [6, 6.07) is 0. The van der Waals surface area contributed by atoms with Gasteiger partial charge in [0.25, 0.3) is 0 Å². The molecule has 0 atom stereocenters. The summed E-state index contributed by atoms with van der Waals surface area (Å²) in [6.07, 6.45) is 2.53. The van der Waals surface area contributed by atoms with Gasteiger partial charge < -0.3 is 15.3 Å². The van der Waals surface area contributed by atoms with Crippen molar-refractivity contribution in [1.82, 2.24) is 10.2 Å². The van der Waals surface area contributed by atoms with Gasteiger partial charge in [0.15, 0.2) is 0 Å². The molecular weight excluding hydrogens is 204 g/mol. The number of amides is 1. The van der Waals surface area contributed by atoms with Crippen molar-refractivity contribution in [2.24, 2.45) is 5.41 Å². The second-order valence-electron chi connectivity index (χ2n) is 4.20. The molecule has 0 aliphatic carbocycles. The first-order chi connectivity index (χ1) is 6.22. The van der Waals surface area contributed by atoms with Crippen LogP contribution in [0.3, 0.4) is 0 Å². The zero-order chi connectivity index (χ0) is 9.31. The number of halogens is 1. The van der Waals surface area contributed by atoms with E-state index in [9.17, 15) is 4.79 Å². The quantitative estimate of drug-likeness (QED) is 0.644. The molecule has 0 saturated carbocycles. The molecule has 2 rings (SSSR count). The van der Waals surface area contributed by atoms with Crippen molar-refractivity contribution < 1.29 is 9.90 Å². The van der Waals surface area contributed by atoms with E-state index in [0.29, 0.717) is 5.41 Å². The Morgan fingerprint density at radius 2 is 1.93 bits per heavy atom. The van der Waals surface area contributed by atoms with Crippen LogP contribution in [0.1, 0.15) is 19.3 Å². The molecule has 1 amide bonds. The second-order valence-corrected chi connectivity index (χ2v) is 4.20. The summed E-state index contributed by atoms with van der Waals surface area (Å²) >= 11 is 0. The summed E-state index contributed by atoms with van der Waals surface area (Å²) < 4.78 is 0. The molecule has 2 aliphatic rings. The predicted octanol–water partition coefficient (Wildman–Crippen LogP) is 1.16. The zero-order valence-electron chi connectivity index (χ0n) is 8.16. The van der Waals surface area contributed by atoms with Crippen LogP contribution in [0.15, 0.2) is 0 Å². The van der Waals surface area contributed by atoms with E-state index in [1.165, 1.54) is 11.3 Å². The van der Waals surface area contributed by atoms with Crippen LogP contribution < -0.4 is 5.32 Å². The van der Waals surface area contributed by atoms with E-state index < -0.39 is 6.09 Å². The predicted molar refractivity (Wildman–Crippen MR) is 56.0 cm³/mol. The zero-order valence-corrected chi connectivity index (χ0v) is 8.98. The molecule has 1 spiro atoms. The van der Waals surface area contributed by atoms with Gasteiger partial charge in [0.1, 0.15) is 0 Å². The molecule has 2 saturated heterocycles. The third kappa shape index (κ3) is 2.12. The van der Waals surface area contributed by atoms with Gasteiger partial charge in [0, 0.05) is 19.6 Å². The fourth-order valence-corrected chi connectivity index (χ4v) is 2.39. The minimum atomic E-state index is -0.763. The Balaban J connectivity index is 0.000000980. The second kappa shape index (κ2) is 4.36. The Labute approximate surface area is 90.1 Å². The molecular formula is C9H17ClN2O2. The third-order valence-electron chi connectivity index (χ3n) is 3.43. The van der Waals surface area contributed by atoms with Crippen LogP contribution in [-0.2, 0) is 0 Å². The van der Waals surface area contributed by atoms with Gasteiger partial charge in [-0.25, -0.2) is 4.79 Å². The summed E-state index contributed by atoms with van der Waals surface area (Å²) in [5, 5.41) is 12.1. The number of rotatable bonds is 0. The minimum Gasteiger partial charge on any atom is -0.465 e. The molecule has 4 nitrogen and oxygen atoms in total. The first-order valence-electron chi connectivity index (χ1n) is 4.91. The largest absolute Gasteiger partial charge is 0.465 e. The highest BCUT2D eigenvalue weighted by Gasteiger charge is 2.37. The molecule has 5 heteroatoms. The number of carbonyl (C=O) groups is 1. The van der Waals surface area contributed by atoms with Gasteiger partial charge in [0.2, 0.25) is 0 Å². The lowest BCUT2D eigenvalue weighted by Gasteiger charge is -2.37. The summed E-state index contributed by atoms with van der Waals surface area (Å²) in [5.41, 5.74) is 0.423. The maximum atomic E-state index is 10.7. The van der Waals surface area contributed by atoms with Gasteiger partial charge in [-0.2, -0.15) is 0 Å². The molecule has 2 aliphatic heterocycles. The van der Waals surface area contributed by atoms with Crippen LogP contribution in [0, 0.1) is 5.41 Å². The van der Waals surface area contributed by atoms with E-state index in [4.69, 9.17) is 5.11 Å². The number of hydrogen-bond donors (Lipinski definition) is 2. The van der Waals surface area contributed by atoms with Crippen molar-refractivity contribution in [2.45, 2.75) is 19.3 Å². The van der Waals surface area contributed by atoms with Gasteiger partial charge >= 0.3 is 6.09 Å². The Morgan fingerprint density at radius 3 is 2.36 bits per heavy atom. The van der Waals surface area contributed by atoms with Crippen molar-refractivity contribution in [1.29, 1.82) is 0 Å². The van der Waals surface area contributed by atoms with E-state index in [0.717, 1.165) is 39.0 Å². The summed E-state index contributed by atoms with van der Waals surface area (Å²) in [7, 11) is 0. The number of hydrogen-bond acceptors (Lipinski definition) is 2. The third-order valence-corrected chi connectivity index (χ3v) is 3.43. The van der Waals surface area contributed by atoms with Gasteiger partial charge in [0.05, 0.1) is 0 Å². The smallest absolute Gasteiger partial charge is 0.407 e. The standard InChI is InChI=1S/C9H16N2O2.ClH/c12-8(13)11-5-2-9(3-6-11)1-4-10-7-9;/h10H,1-7H2,(H,12,13);1H. The first-order valence-corrected chi connectivity index (χ1v) is 4.91. The van der Waals surface area contributed by atoms with Gasteiger partial charge in [-0.05, 0) is 31.2 Å². The topological polar surface area (TPSA) is 52.6 Å². The van der Waals surface area contributed by atoms with Crippen LogP contribution in [-0.4, -0.2) is 42.3 Å². The number of likely N-dealkylation sites (tertiary alicyclic amines) is 1. The maximum Gasteiger partial charge on any atom is 0.407 e. The Kier molecular flexibility index (Phi) is 3.61. The van der Waals surface area contributed by atoms with Gasteiger partial charge in [-0.3, -0.25) is 0 Å². The molecule has 0 aromatic rings. The number of nitrogens with one attached hydrogen (secondary N) is 1. The van der Waals surface area contributed by atoms with Crippen molar-refractivity contribution >= 4 is 18.5 Å². The normalized spacial score (nSPS) is 24.7. The summed E-state index contributed by atoms with van der Waals surface area (Å²) in [4.78, 5) is 12.2. The molecule has 2 heterocycles. The fourth-order valence-electron chi connectivity index (χ4n) is 2.39. The highest BCUT2D eigenvalue weighted by Crippen LogP contribution is 2.36. The van der Waals surface area contributed by atoms with E-state index in [1.54, 1.807) is 0 Å². The number of piperidine rings is 1. The van der Waals surface area contributed by atoms with Crippen LogP contribution in [0.5, 0.6) is 0 Å². The highest BCUT2D eigenvalue weighted by atomic mass is 35.5. The minimum absolute atomic E-state index is 0. The van der Waals surface area contributed by atoms with Crippen molar-refractivity contribution in [3.05, 3.63) is 0 Å². The first kappa shape index (κ1) is 11.6. The molecule has 0 unspecified atom stereocenters. The molecule has 0 bridgehead atoms. The molecule has 2 N–H and O–H groups in total. The SMILES string of the molecule is Cl.O=C(O)N1CCC2(CCNC2)CC1. The van der Waals surface area contributed by atoms with E-state index in [-0.39, 0.29) is 12.4 Å². The molecule has 0 radical (unpaired) electrons. The van der Waals surface area contributed by atoms with E-state index in [2.05, 4.69) is 5.32 Å². The highest BCUT2D eigenvalue weighted by molar-refractivity contribution is 5.85. The lowest BCUT2D eigenvalue weighted by atomic mass is 9.78. The fraction of sp³-hybridized carbons (Fsp3) is 0.889. The van der Waals surface area contributed by atoms with Crippen LogP contribution in [0.4, 0.5) is 4.79 Å². The Bertz CT molecular complexity index is 207. The van der Waals surface area contributed by atoms with Crippen LogP contribution >= 0.6 is 12.4 Å². The average Bonchev–Trinajstić information content (AvgIpc) is 2.54. The van der Waals surface area contributed by atoms with E-state index in [1.807, 2.05) is 0 Å². The summed E-state index contributed by atoms with van der Waals surface area (Å²) in [6.45, 7) is 3.63. The van der Waals surface area contributed by atoms with E-state index >= 15 is 0 Å². The van der Waals surface area contributed by atoms with Crippen molar-refractivity contribution in [3.63, 3.8) is 0 Å². The Hall–Kier alpha value is -0.480. The number of nitrogens with zero attached hydrogens (tertiary/aromatic N) is 1. The molecule has 82 valence electrons. The molecule has 2 fully saturated rings. The van der Waals surface area contributed by atoms with Crippen LogP contribution in [0.25, 0.3) is 0 Å². The van der Waals surface area contributed by atoms with Crippen molar-refractivity contribution in [2.75, 3.05) is 26.2 Å². The van der Waals surface area contributed by atoms with Crippen LogP contribution in [0.2, 0.25) is 0 Å². The summed E-state index contributed by atoms with van der Waals surface area (Å²) in [5.74, 6) is 0. The Morgan fingerprint density at radius 1 is 1.29 bits per heavy atom. The monoisotopic (exact) mass is 220 g/mol. The maximum absolute atomic E-state index is 10.7. The molecule has 14 heavy (non-hydrogen) atoms. The molecule has 0 aromatic heterocycles. The van der Waals surface area contributed by atoms with Crippen molar-refractivity contribution in [3.8, 4) is 0 Å². The molecule has 0 aromatic carbocycles. The van der Waals surface area contributed by atoms with Gasteiger partial charge in [-0.15, -0.1) is 12.4 Å². The lowest BCUT2D eigenvalue weighted by molar-refractivity contribution is 0.0979.